The maximum atomic E-state index is 11.4. The predicted molar refractivity (Wildman–Crippen MR) is 61.3 cm³/mol. The summed E-state index contributed by atoms with van der Waals surface area (Å²) in [6, 6.07) is 0. The van der Waals surface area contributed by atoms with Gasteiger partial charge in [0.05, 0.1) is 11.5 Å². The lowest BCUT2D eigenvalue weighted by Crippen LogP contribution is -2.22. The smallest absolute Gasteiger partial charge is 0.269 e. The number of rotatable bonds is 6. The van der Waals surface area contributed by atoms with Crippen LogP contribution < -0.4 is 0 Å². The largest absolute Gasteiger partial charge is 0.348 e. The minimum absolute atomic E-state index is 0.161. The molecule has 0 aliphatic carbocycles. The lowest BCUT2D eigenvalue weighted by atomic mass is 10.00. The van der Waals surface area contributed by atoms with Gasteiger partial charge in [-0.25, -0.2) is 4.79 Å². The number of carbonyl (C=O) groups excluding carboxylic acids is 1. The zero-order chi connectivity index (χ0) is 12.8. The van der Waals surface area contributed by atoms with Crippen molar-refractivity contribution in [3.63, 3.8) is 0 Å². The van der Waals surface area contributed by atoms with Crippen molar-refractivity contribution >= 4 is 5.97 Å². The van der Waals surface area contributed by atoms with Crippen LogP contribution in [0, 0.1) is 11.8 Å². The van der Waals surface area contributed by atoms with Gasteiger partial charge in [0.25, 0.3) is 0 Å². The monoisotopic (exact) mass is 232 g/mol. The fraction of sp³-hybridized carbons (Fsp3) is 0.917. The number of carbonyl (C=O) groups is 1. The van der Waals surface area contributed by atoms with Crippen molar-refractivity contribution in [3.05, 3.63) is 0 Å². The van der Waals surface area contributed by atoms with Gasteiger partial charge in [-0.1, -0.05) is 27.2 Å². The van der Waals surface area contributed by atoms with E-state index in [9.17, 15) is 4.79 Å². The first-order valence-electron chi connectivity index (χ1n) is 5.78. The van der Waals surface area contributed by atoms with Crippen LogP contribution in [-0.2, 0) is 19.6 Å². The van der Waals surface area contributed by atoms with Crippen LogP contribution in [0.5, 0.6) is 0 Å². The molecule has 1 unspecified atom stereocenters. The molecule has 0 aromatic carbocycles. The highest BCUT2D eigenvalue weighted by Gasteiger charge is 2.18. The van der Waals surface area contributed by atoms with Gasteiger partial charge in [0.2, 0.25) is 0 Å². The van der Waals surface area contributed by atoms with Gasteiger partial charge in [0.15, 0.2) is 0 Å². The summed E-state index contributed by atoms with van der Waals surface area (Å²) in [4.78, 5) is 20.8. The third kappa shape index (κ3) is 8.68. The van der Waals surface area contributed by atoms with Crippen LogP contribution in [0.2, 0.25) is 0 Å². The number of hydrogen-bond acceptors (Lipinski definition) is 4. The van der Waals surface area contributed by atoms with Crippen molar-refractivity contribution in [1.82, 2.24) is 0 Å². The van der Waals surface area contributed by atoms with Crippen molar-refractivity contribution in [1.29, 1.82) is 0 Å². The van der Waals surface area contributed by atoms with Crippen molar-refractivity contribution in [2.24, 2.45) is 11.8 Å². The summed E-state index contributed by atoms with van der Waals surface area (Å²) in [6.07, 6.45) is 1.80. The maximum absolute atomic E-state index is 11.4. The van der Waals surface area contributed by atoms with E-state index in [1.165, 1.54) is 0 Å². The van der Waals surface area contributed by atoms with Gasteiger partial charge in [-0.15, -0.1) is 0 Å². The molecule has 0 aromatic rings. The third-order valence-corrected chi connectivity index (χ3v) is 1.98. The van der Waals surface area contributed by atoms with Crippen molar-refractivity contribution < 1.29 is 19.6 Å². The molecule has 4 nitrogen and oxygen atoms in total. The van der Waals surface area contributed by atoms with Crippen LogP contribution in [0.25, 0.3) is 0 Å². The van der Waals surface area contributed by atoms with Gasteiger partial charge >= 0.3 is 5.97 Å². The highest BCUT2D eigenvalue weighted by molar-refractivity contribution is 5.71. The molecule has 0 radical (unpaired) electrons. The number of hydrogen-bond donors (Lipinski definition) is 0. The second-order valence-electron chi connectivity index (χ2n) is 5.54. The molecular formula is C12H24O4. The summed E-state index contributed by atoms with van der Waals surface area (Å²) < 4.78 is 0. The summed E-state index contributed by atoms with van der Waals surface area (Å²) in [5.74, 6) is 0.0397. The van der Waals surface area contributed by atoms with E-state index >= 15 is 0 Å². The van der Waals surface area contributed by atoms with Gasteiger partial charge in [-0.05, 0) is 38.1 Å². The van der Waals surface area contributed by atoms with Crippen LogP contribution in [0.3, 0.4) is 0 Å². The Kier molecular flexibility index (Phi) is 6.60. The Morgan fingerprint density at radius 3 is 2.12 bits per heavy atom. The molecule has 0 heterocycles. The predicted octanol–water partition coefficient (Wildman–Crippen LogP) is 3.26. The fourth-order valence-corrected chi connectivity index (χ4v) is 0.936. The molecule has 0 N–H and O–H groups in total. The van der Waals surface area contributed by atoms with Gasteiger partial charge in [-0.2, -0.15) is 4.89 Å². The molecule has 0 amide bonds. The highest BCUT2D eigenvalue weighted by atomic mass is 17.5. The molecule has 96 valence electrons. The maximum Gasteiger partial charge on any atom is 0.348 e. The van der Waals surface area contributed by atoms with Crippen LogP contribution in [0.1, 0.15) is 54.4 Å². The molecule has 0 saturated heterocycles. The van der Waals surface area contributed by atoms with E-state index in [1.54, 1.807) is 0 Å². The molecule has 4 heteroatoms. The molecule has 16 heavy (non-hydrogen) atoms. The zero-order valence-electron chi connectivity index (χ0n) is 11.2. The van der Waals surface area contributed by atoms with E-state index in [4.69, 9.17) is 4.89 Å². The molecule has 1 atom stereocenters. The van der Waals surface area contributed by atoms with Crippen molar-refractivity contribution in [3.8, 4) is 0 Å². The van der Waals surface area contributed by atoms with E-state index < -0.39 is 5.60 Å². The zero-order valence-corrected chi connectivity index (χ0v) is 11.2. The van der Waals surface area contributed by atoms with Crippen molar-refractivity contribution in [2.75, 3.05) is 0 Å². The lowest BCUT2D eigenvalue weighted by Gasteiger charge is -2.16. The first kappa shape index (κ1) is 15.4. The quantitative estimate of drug-likeness (QED) is 0.521. The molecule has 0 aliphatic rings. The molecule has 0 aliphatic heterocycles. The topological polar surface area (TPSA) is 44.8 Å². The van der Waals surface area contributed by atoms with Crippen LogP contribution >= 0.6 is 0 Å². The highest BCUT2D eigenvalue weighted by Crippen LogP contribution is 2.14. The Morgan fingerprint density at radius 2 is 1.69 bits per heavy atom. The summed E-state index contributed by atoms with van der Waals surface area (Å²) in [5, 5.41) is 4.44. The third-order valence-electron chi connectivity index (χ3n) is 1.98. The summed E-state index contributed by atoms with van der Waals surface area (Å²) in [5.41, 5.74) is -0.485. The molecule has 0 saturated carbocycles. The van der Waals surface area contributed by atoms with E-state index in [0.29, 0.717) is 5.92 Å². The van der Waals surface area contributed by atoms with E-state index in [0.717, 1.165) is 12.8 Å². The fourth-order valence-electron chi connectivity index (χ4n) is 0.936. The molecule has 0 spiro atoms. The Bertz CT molecular complexity index is 206. The minimum atomic E-state index is -0.485. The van der Waals surface area contributed by atoms with Gasteiger partial charge in [0.1, 0.15) is 0 Å². The lowest BCUT2D eigenvalue weighted by molar-refractivity contribution is -0.515. The van der Waals surface area contributed by atoms with E-state index in [2.05, 4.69) is 23.8 Å². The normalized spacial score (nSPS) is 13.9. The Morgan fingerprint density at radius 1 is 1.12 bits per heavy atom. The second kappa shape index (κ2) is 6.86. The molecule has 0 aromatic heterocycles. The van der Waals surface area contributed by atoms with Crippen LogP contribution in [-0.4, -0.2) is 11.6 Å². The minimum Gasteiger partial charge on any atom is -0.269 e. The first-order valence-corrected chi connectivity index (χ1v) is 5.78. The summed E-state index contributed by atoms with van der Waals surface area (Å²) >= 11 is 0. The molecule has 0 rings (SSSR count). The Labute approximate surface area is 98.1 Å². The molecular weight excluding hydrogens is 208 g/mol. The van der Waals surface area contributed by atoms with Crippen LogP contribution in [0.4, 0.5) is 0 Å². The molecule has 0 bridgehead atoms. The summed E-state index contributed by atoms with van der Waals surface area (Å²) in [7, 11) is 0. The molecule has 0 fully saturated rings. The SMILES string of the molecule is CC(C)CCC(C)C(=O)OOOC(C)(C)C. The summed E-state index contributed by atoms with van der Waals surface area (Å²) in [6.45, 7) is 11.5. The Hall–Kier alpha value is -0.610. The first-order chi connectivity index (χ1) is 7.22. The van der Waals surface area contributed by atoms with Gasteiger partial charge in [0, 0.05) is 0 Å². The van der Waals surface area contributed by atoms with Crippen molar-refractivity contribution in [2.45, 2.75) is 60.0 Å². The average molecular weight is 232 g/mol. The second-order valence-corrected chi connectivity index (χ2v) is 5.54. The van der Waals surface area contributed by atoms with E-state index in [1.807, 2.05) is 27.7 Å². The Balaban J connectivity index is 3.71. The van der Waals surface area contributed by atoms with E-state index in [-0.39, 0.29) is 11.9 Å². The van der Waals surface area contributed by atoms with Gasteiger partial charge in [-0.3, -0.25) is 4.89 Å². The average Bonchev–Trinajstić information content (AvgIpc) is 2.11. The standard InChI is InChI=1S/C12H24O4/c1-9(2)7-8-10(3)11(13)14-16-15-12(4,5)6/h9-10H,7-8H2,1-6H3. The van der Waals surface area contributed by atoms with Gasteiger partial charge < -0.3 is 0 Å². The van der Waals surface area contributed by atoms with Crippen LogP contribution in [0.15, 0.2) is 0 Å².